The van der Waals surface area contributed by atoms with Crippen molar-refractivity contribution >= 4 is 22.7 Å². The fourth-order valence-corrected chi connectivity index (χ4v) is 4.53. The molecule has 21 heavy (non-hydrogen) atoms. The van der Waals surface area contributed by atoms with Crippen LogP contribution in [-0.2, 0) is 19.6 Å². The molecule has 3 aromatic heterocycles. The van der Waals surface area contributed by atoms with Crippen molar-refractivity contribution in [3.8, 4) is 10.6 Å². The molecule has 5 heteroatoms. The molecule has 0 amide bonds. The lowest BCUT2D eigenvalue weighted by Crippen LogP contribution is -2.33. The number of hydrogen-bond donors (Lipinski definition) is 0. The first-order chi connectivity index (χ1) is 10.3. The van der Waals surface area contributed by atoms with Crippen LogP contribution >= 0.6 is 22.7 Å². The van der Waals surface area contributed by atoms with E-state index >= 15 is 0 Å². The second-order valence-electron chi connectivity index (χ2n) is 5.41. The molecule has 1 aliphatic rings. The monoisotopic (exact) mass is 315 g/mol. The van der Waals surface area contributed by atoms with Gasteiger partial charge in [0.05, 0.1) is 23.3 Å². The minimum absolute atomic E-state index is 0.947. The number of fused-ring (bicyclic) bond motifs is 1. The van der Waals surface area contributed by atoms with Gasteiger partial charge in [-0.2, -0.15) is 0 Å². The first-order valence-electron chi connectivity index (χ1n) is 7.15. The summed E-state index contributed by atoms with van der Waals surface area (Å²) in [5, 5.41) is 2.13. The molecule has 0 saturated carbocycles. The van der Waals surface area contributed by atoms with Crippen molar-refractivity contribution in [2.45, 2.75) is 26.6 Å². The summed E-state index contributed by atoms with van der Waals surface area (Å²) in [4.78, 5) is 11.3. The van der Waals surface area contributed by atoms with Gasteiger partial charge in [0.1, 0.15) is 5.82 Å². The lowest BCUT2D eigenvalue weighted by Gasteiger charge is -2.27. The van der Waals surface area contributed by atoms with Gasteiger partial charge in [-0.15, -0.1) is 22.7 Å². The summed E-state index contributed by atoms with van der Waals surface area (Å²) in [6, 6.07) is 8.74. The third kappa shape index (κ3) is 2.57. The van der Waals surface area contributed by atoms with Gasteiger partial charge in [0.15, 0.2) is 0 Å². The normalized spacial score (nSPS) is 15.3. The minimum atomic E-state index is 0.947. The fourth-order valence-electron chi connectivity index (χ4n) is 2.86. The van der Waals surface area contributed by atoms with Crippen molar-refractivity contribution in [1.29, 1.82) is 0 Å². The van der Waals surface area contributed by atoms with Gasteiger partial charge in [-0.05, 0) is 30.5 Å². The molecule has 0 bridgehead atoms. The standard InChI is InChI=1S/C16H17N3S2/c1-12-4-5-13(21-12)10-18-6-7-19-14(9-17-16(19)11-18)15-3-2-8-20-15/h2-5,8-9H,6-7,10-11H2,1H3. The lowest BCUT2D eigenvalue weighted by atomic mass is 10.3. The van der Waals surface area contributed by atoms with E-state index in [9.17, 15) is 0 Å². The van der Waals surface area contributed by atoms with Crippen molar-refractivity contribution in [1.82, 2.24) is 14.5 Å². The zero-order valence-electron chi connectivity index (χ0n) is 12.0. The van der Waals surface area contributed by atoms with E-state index in [0.717, 1.165) is 26.2 Å². The van der Waals surface area contributed by atoms with E-state index in [4.69, 9.17) is 0 Å². The number of aryl methyl sites for hydroxylation is 1. The Hall–Kier alpha value is -1.43. The molecule has 1 aliphatic heterocycles. The van der Waals surface area contributed by atoms with Crippen molar-refractivity contribution in [2.24, 2.45) is 0 Å². The predicted octanol–water partition coefficient (Wildman–Crippen LogP) is 4.00. The zero-order chi connectivity index (χ0) is 14.2. The Kier molecular flexibility index (Phi) is 3.41. The van der Waals surface area contributed by atoms with Crippen LogP contribution in [0.2, 0.25) is 0 Å². The van der Waals surface area contributed by atoms with E-state index < -0.39 is 0 Å². The Bertz CT molecular complexity index is 740. The molecule has 0 aliphatic carbocycles. The summed E-state index contributed by atoms with van der Waals surface area (Å²) in [6.45, 7) is 6.29. The van der Waals surface area contributed by atoms with Gasteiger partial charge < -0.3 is 4.57 Å². The van der Waals surface area contributed by atoms with Gasteiger partial charge in [0.2, 0.25) is 0 Å². The molecule has 0 aromatic carbocycles. The first-order valence-corrected chi connectivity index (χ1v) is 8.85. The highest BCUT2D eigenvalue weighted by atomic mass is 32.1. The second kappa shape index (κ2) is 5.40. The minimum Gasteiger partial charge on any atom is -0.325 e. The Balaban J connectivity index is 1.53. The summed E-state index contributed by atoms with van der Waals surface area (Å²) >= 11 is 3.69. The molecular formula is C16H17N3S2. The van der Waals surface area contributed by atoms with Gasteiger partial charge in [-0.3, -0.25) is 4.90 Å². The maximum Gasteiger partial charge on any atom is 0.123 e. The van der Waals surface area contributed by atoms with E-state index in [1.165, 1.54) is 26.1 Å². The fraction of sp³-hybridized carbons (Fsp3) is 0.312. The number of rotatable bonds is 3. The summed E-state index contributed by atoms with van der Waals surface area (Å²) in [5.74, 6) is 1.19. The van der Waals surface area contributed by atoms with E-state index in [1.54, 1.807) is 11.3 Å². The summed E-state index contributed by atoms with van der Waals surface area (Å²) in [6.07, 6.45) is 2.03. The van der Waals surface area contributed by atoms with Crippen LogP contribution in [0.4, 0.5) is 0 Å². The topological polar surface area (TPSA) is 21.1 Å². The lowest BCUT2D eigenvalue weighted by molar-refractivity contribution is 0.211. The van der Waals surface area contributed by atoms with Crippen LogP contribution in [0.5, 0.6) is 0 Å². The Morgan fingerprint density at radius 2 is 2.19 bits per heavy atom. The maximum atomic E-state index is 4.64. The van der Waals surface area contributed by atoms with Gasteiger partial charge in [-0.1, -0.05) is 6.07 Å². The number of thiophene rings is 2. The molecule has 0 saturated heterocycles. The average molecular weight is 315 g/mol. The smallest absolute Gasteiger partial charge is 0.123 e. The molecule has 0 fully saturated rings. The number of hydrogen-bond acceptors (Lipinski definition) is 4. The first kappa shape index (κ1) is 13.2. The largest absolute Gasteiger partial charge is 0.325 e. The highest BCUT2D eigenvalue weighted by molar-refractivity contribution is 7.13. The average Bonchev–Trinajstić information content (AvgIpc) is 3.18. The molecule has 4 heterocycles. The summed E-state index contributed by atoms with van der Waals surface area (Å²) in [7, 11) is 0. The molecule has 0 spiro atoms. The van der Waals surface area contributed by atoms with Gasteiger partial charge in [-0.25, -0.2) is 4.98 Å². The van der Waals surface area contributed by atoms with Crippen molar-refractivity contribution in [3.63, 3.8) is 0 Å². The third-order valence-electron chi connectivity index (χ3n) is 3.89. The molecule has 0 N–H and O–H groups in total. The van der Waals surface area contributed by atoms with Crippen molar-refractivity contribution < 1.29 is 0 Å². The van der Waals surface area contributed by atoms with E-state index in [2.05, 4.69) is 51.0 Å². The molecule has 4 rings (SSSR count). The third-order valence-corrected chi connectivity index (χ3v) is 5.77. The summed E-state index contributed by atoms with van der Waals surface area (Å²) in [5.41, 5.74) is 1.27. The van der Waals surface area contributed by atoms with Gasteiger partial charge in [0, 0.05) is 29.4 Å². The van der Waals surface area contributed by atoms with Crippen LogP contribution in [0.3, 0.4) is 0 Å². The zero-order valence-corrected chi connectivity index (χ0v) is 13.6. The SMILES string of the molecule is Cc1ccc(CN2CCn3c(-c4cccs4)cnc3C2)s1. The number of imidazole rings is 1. The predicted molar refractivity (Wildman–Crippen MR) is 88.7 cm³/mol. The van der Waals surface area contributed by atoms with Crippen LogP contribution < -0.4 is 0 Å². The molecule has 3 nitrogen and oxygen atoms in total. The van der Waals surface area contributed by atoms with Gasteiger partial charge in [0.25, 0.3) is 0 Å². The Morgan fingerprint density at radius 1 is 1.24 bits per heavy atom. The molecular weight excluding hydrogens is 298 g/mol. The van der Waals surface area contributed by atoms with Crippen LogP contribution in [0.25, 0.3) is 10.6 Å². The van der Waals surface area contributed by atoms with E-state index in [1.807, 2.05) is 17.5 Å². The maximum absolute atomic E-state index is 4.64. The van der Waals surface area contributed by atoms with Gasteiger partial charge >= 0.3 is 0 Å². The quantitative estimate of drug-likeness (QED) is 0.728. The highest BCUT2D eigenvalue weighted by Crippen LogP contribution is 2.28. The van der Waals surface area contributed by atoms with Crippen molar-refractivity contribution in [2.75, 3.05) is 6.54 Å². The van der Waals surface area contributed by atoms with Crippen LogP contribution in [0.1, 0.15) is 15.6 Å². The number of nitrogens with zero attached hydrogens (tertiary/aromatic N) is 3. The second-order valence-corrected chi connectivity index (χ2v) is 7.73. The number of aromatic nitrogens is 2. The molecule has 108 valence electrons. The van der Waals surface area contributed by atoms with E-state index in [-0.39, 0.29) is 0 Å². The molecule has 0 radical (unpaired) electrons. The summed E-state index contributed by atoms with van der Waals surface area (Å²) < 4.78 is 2.38. The van der Waals surface area contributed by atoms with Crippen LogP contribution in [0, 0.1) is 6.92 Å². The van der Waals surface area contributed by atoms with E-state index in [0.29, 0.717) is 0 Å². The van der Waals surface area contributed by atoms with Crippen LogP contribution in [0.15, 0.2) is 35.8 Å². The Morgan fingerprint density at radius 3 is 2.95 bits per heavy atom. The molecule has 3 aromatic rings. The molecule has 0 atom stereocenters. The van der Waals surface area contributed by atoms with Crippen LogP contribution in [-0.4, -0.2) is 21.0 Å². The Labute approximate surface area is 132 Å². The highest BCUT2D eigenvalue weighted by Gasteiger charge is 2.21. The molecule has 0 unspecified atom stereocenters. The van der Waals surface area contributed by atoms with Crippen molar-refractivity contribution in [3.05, 3.63) is 51.4 Å².